The molecule has 0 saturated carbocycles. The van der Waals surface area contributed by atoms with E-state index in [0.29, 0.717) is 22.9 Å². The maximum absolute atomic E-state index is 16.0. The van der Waals surface area contributed by atoms with E-state index in [0.717, 1.165) is 6.07 Å². The smallest absolute Gasteiger partial charge is 0.335 e. The molecule has 0 aromatic heterocycles. The van der Waals surface area contributed by atoms with Crippen molar-refractivity contribution in [3.63, 3.8) is 0 Å². The van der Waals surface area contributed by atoms with Crippen LogP contribution in [0.4, 0.5) is 14.5 Å². The maximum Gasteiger partial charge on any atom is 0.335 e. The molecule has 1 heterocycles. The number of aromatic carboxylic acids is 1. The molecular weight excluding hydrogens is 619 g/mol. The average Bonchev–Trinajstić information content (AvgIpc) is 3.26. The standard InChI is InChI=1S/C35H31Cl2F2N3O3/c1-34(2,3)18-28-35(13-14-40,25-12-10-22(36)17-27(25)38)29(24-5-4-6-26(37)30(24)39)31(42-28)32(43)41-23-11-9-19-15-21(33(44)45)8-7-20(19)16-23/h4-12,15-17,28-29,31,42H,13,18H2,1-3H3,(H,41,43)(H,44,45). The zero-order valence-electron chi connectivity index (χ0n) is 24.8. The second-order valence-corrected chi connectivity index (χ2v) is 13.5. The molecule has 3 N–H and O–H groups in total. The van der Waals surface area contributed by atoms with Crippen molar-refractivity contribution in [3.8, 4) is 6.07 Å². The summed E-state index contributed by atoms with van der Waals surface area (Å²) in [5, 5.41) is 27.2. The quantitative estimate of drug-likeness (QED) is 0.186. The highest BCUT2D eigenvalue weighted by Gasteiger charge is 2.60. The number of benzene rings is 4. The first-order chi connectivity index (χ1) is 21.2. The van der Waals surface area contributed by atoms with Gasteiger partial charge in [0.1, 0.15) is 11.6 Å². The molecule has 5 rings (SSSR count). The summed E-state index contributed by atoms with van der Waals surface area (Å²) in [5.74, 6) is -4.05. The summed E-state index contributed by atoms with van der Waals surface area (Å²) in [6, 6.07) is 18.8. The van der Waals surface area contributed by atoms with E-state index in [-0.39, 0.29) is 38.6 Å². The molecule has 0 radical (unpaired) electrons. The van der Waals surface area contributed by atoms with Gasteiger partial charge in [-0.05, 0) is 76.2 Å². The molecule has 4 aromatic rings. The van der Waals surface area contributed by atoms with Crippen LogP contribution in [0.25, 0.3) is 10.8 Å². The SMILES string of the molecule is CC(C)(C)CC1NC(C(=O)Nc2ccc3cc(C(=O)O)ccc3c2)C(c2cccc(Cl)c2F)C1(CC#N)c1ccc(Cl)cc1F. The van der Waals surface area contributed by atoms with Crippen LogP contribution in [0.2, 0.25) is 10.0 Å². The first kappa shape index (κ1) is 32.4. The van der Waals surface area contributed by atoms with Crippen LogP contribution in [0.3, 0.4) is 0 Å². The molecule has 4 unspecified atom stereocenters. The highest BCUT2D eigenvalue weighted by atomic mass is 35.5. The fourth-order valence-corrected chi connectivity index (χ4v) is 6.97. The Labute approximate surface area is 270 Å². The van der Waals surface area contributed by atoms with E-state index in [1.54, 1.807) is 30.3 Å². The third-order valence-electron chi connectivity index (χ3n) is 8.47. The summed E-state index contributed by atoms with van der Waals surface area (Å²) in [6.45, 7) is 5.99. The molecule has 0 spiro atoms. The Balaban J connectivity index is 1.68. The van der Waals surface area contributed by atoms with E-state index in [1.165, 1.54) is 36.4 Å². The molecule has 1 aliphatic heterocycles. The molecule has 232 valence electrons. The van der Waals surface area contributed by atoms with Crippen molar-refractivity contribution in [1.29, 1.82) is 5.26 Å². The summed E-state index contributed by atoms with van der Waals surface area (Å²) in [7, 11) is 0. The Bertz CT molecular complexity index is 1850. The van der Waals surface area contributed by atoms with E-state index in [1.807, 2.05) is 20.8 Å². The van der Waals surface area contributed by atoms with Gasteiger partial charge in [-0.25, -0.2) is 13.6 Å². The number of carboxylic acids is 1. The highest BCUT2D eigenvalue weighted by molar-refractivity contribution is 6.31. The Kier molecular flexibility index (Phi) is 8.92. The van der Waals surface area contributed by atoms with Crippen LogP contribution in [0.1, 0.15) is 61.0 Å². The van der Waals surface area contributed by atoms with Gasteiger partial charge in [0, 0.05) is 34.5 Å². The van der Waals surface area contributed by atoms with Crippen molar-refractivity contribution >= 4 is 51.5 Å². The van der Waals surface area contributed by atoms with Gasteiger partial charge in [-0.3, -0.25) is 4.79 Å². The van der Waals surface area contributed by atoms with Crippen LogP contribution in [-0.2, 0) is 10.2 Å². The van der Waals surface area contributed by atoms with E-state index in [2.05, 4.69) is 16.7 Å². The van der Waals surface area contributed by atoms with Gasteiger partial charge in [0.15, 0.2) is 0 Å². The predicted octanol–water partition coefficient (Wildman–Crippen LogP) is 8.47. The minimum atomic E-state index is -1.40. The van der Waals surface area contributed by atoms with Gasteiger partial charge < -0.3 is 15.7 Å². The average molecular weight is 651 g/mol. The molecule has 10 heteroatoms. The van der Waals surface area contributed by atoms with Crippen LogP contribution >= 0.6 is 23.2 Å². The summed E-state index contributed by atoms with van der Waals surface area (Å²) >= 11 is 12.4. The number of fused-ring (bicyclic) bond motifs is 1. The van der Waals surface area contributed by atoms with Crippen molar-refractivity contribution in [2.24, 2.45) is 5.41 Å². The van der Waals surface area contributed by atoms with Crippen LogP contribution in [0.5, 0.6) is 0 Å². The molecule has 6 nitrogen and oxygen atoms in total. The molecule has 0 bridgehead atoms. The van der Waals surface area contributed by atoms with E-state index >= 15 is 8.78 Å². The van der Waals surface area contributed by atoms with Crippen molar-refractivity contribution < 1.29 is 23.5 Å². The van der Waals surface area contributed by atoms with E-state index in [4.69, 9.17) is 23.2 Å². The summed E-state index contributed by atoms with van der Waals surface area (Å²) in [4.78, 5) is 25.6. The molecule has 4 aromatic carbocycles. The number of nitrogens with zero attached hydrogens (tertiary/aromatic N) is 1. The van der Waals surface area contributed by atoms with Gasteiger partial charge in [0.2, 0.25) is 5.91 Å². The van der Waals surface area contributed by atoms with E-state index in [9.17, 15) is 20.0 Å². The molecule has 1 saturated heterocycles. The minimum absolute atomic E-state index is 0.0795. The molecule has 45 heavy (non-hydrogen) atoms. The minimum Gasteiger partial charge on any atom is -0.478 e. The Morgan fingerprint density at radius 2 is 1.73 bits per heavy atom. The van der Waals surface area contributed by atoms with Crippen LogP contribution in [0, 0.1) is 28.4 Å². The summed E-state index contributed by atoms with van der Waals surface area (Å²) in [5.41, 5.74) is -0.955. The molecule has 1 amide bonds. The zero-order valence-corrected chi connectivity index (χ0v) is 26.3. The van der Waals surface area contributed by atoms with Gasteiger partial charge in [0.25, 0.3) is 0 Å². The maximum atomic E-state index is 16.0. The van der Waals surface area contributed by atoms with Gasteiger partial charge in [-0.2, -0.15) is 5.26 Å². The van der Waals surface area contributed by atoms with Crippen molar-refractivity contribution in [3.05, 3.63) is 111 Å². The van der Waals surface area contributed by atoms with Crippen molar-refractivity contribution in [2.45, 2.75) is 57.0 Å². The first-order valence-electron chi connectivity index (χ1n) is 14.4. The zero-order chi connectivity index (χ0) is 32.7. The number of carboxylic acid groups (broad SMARTS) is 1. The number of rotatable bonds is 7. The molecule has 0 aliphatic carbocycles. The first-order valence-corrected chi connectivity index (χ1v) is 15.1. The van der Waals surface area contributed by atoms with E-state index < -0.39 is 46.9 Å². The predicted molar refractivity (Wildman–Crippen MR) is 172 cm³/mol. The number of anilines is 1. The lowest BCUT2D eigenvalue weighted by Crippen LogP contribution is -2.45. The number of carbonyl (C=O) groups is 2. The number of nitrogens with one attached hydrogen (secondary N) is 2. The number of hydrogen-bond donors (Lipinski definition) is 3. The Hall–Kier alpha value is -4.03. The van der Waals surface area contributed by atoms with Gasteiger partial charge in [-0.15, -0.1) is 0 Å². The Morgan fingerprint density at radius 1 is 1.02 bits per heavy atom. The van der Waals surface area contributed by atoms with Crippen LogP contribution < -0.4 is 10.6 Å². The lowest BCUT2D eigenvalue weighted by Gasteiger charge is -2.41. The number of carbonyl (C=O) groups excluding carboxylic acids is 1. The Morgan fingerprint density at radius 3 is 2.40 bits per heavy atom. The lowest BCUT2D eigenvalue weighted by atomic mass is 9.60. The number of halogens is 4. The third-order valence-corrected chi connectivity index (χ3v) is 8.99. The normalized spacial score (nSPS) is 21.4. The topological polar surface area (TPSA) is 102 Å². The largest absolute Gasteiger partial charge is 0.478 e. The third kappa shape index (κ3) is 6.26. The monoisotopic (exact) mass is 649 g/mol. The summed E-state index contributed by atoms with van der Waals surface area (Å²) in [6.07, 6.45) is 0.183. The van der Waals surface area contributed by atoms with Crippen molar-refractivity contribution in [2.75, 3.05) is 5.32 Å². The lowest BCUT2D eigenvalue weighted by molar-refractivity contribution is -0.118. The fraction of sp³-hybridized carbons (Fsp3) is 0.286. The second kappa shape index (κ2) is 12.4. The highest BCUT2D eigenvalue weighted by Crippen LogP contribution is 2.55. The molecule has 4 atom stereocenters. The molecule has 1 fully saturated rings. The fourth-order valence-electron chi connectivity index (χ4n) is 6.63. The summed E-state index contributed by atoms with van der Waals surface area (Å²) < 4.78 is 31.9. The van der Waals surface area contributed by atoms with Gasteiger partial charge >= 0.3 is 5.97 Å². The van der Waals surface area contributed by atoms with Gasteiger partial charge in [-0.1, -0.05) is 74.3 Å². The number of nitriles is 1. The van der Waals surface area contributed by atoms with Gasteiger partial charge in [0.05, 0.1) is 22.7 Å². The number of amides is 1. The van der Waals surface area contributed by atoms with Crippen LogP contribution in [0.15, 0.2) is 72.8 Å². The van der Waals surface area contributed by atoms with Crippen LogP contribution in [-0.4, -0.2) is 29.1 Å². The van der Waals surface area contributed by atoms with Crippen molar-refractivity contribution in [1.82, 2.24) is 5.32 Å². The molecular formula is C35H31Cl2F2N3O3. The second-order valence-electron chi connectivity index (χ2n) is 12.7. The number of hydrogen-bond acceptors (Lipinski definition) is 4. The molecule has 1 aliphatic rings.